The van der Waals surface area contributed by atoms with Gasteiger partial charge in [0.1, 0.15) is 0 Å². The molecule has 2 aromatic carbocycles. The zero-order valence-electron chi connectivity index (χ0n) is 11.5. The standard InChI is InChI=1S/C17H16ClNO/c1-10(2)12-5-3-4-6-13(12)16-14-9-11(18)7-8-15(14)19-17(16)20/h3-10,16H,1-2H3,(H,19,20). The topological polar surface area (TPSA) is 29.1 Å². The van der Waals surface area contributed by atoms with E-state index in [4.69, 9.17) is 11.6 Å². The van der Waals surface area contributed by atoms with Gasteiger partial charge >= 0.3 is 0 Å². The minimum absolute atomic E-state index is 0.0235. The van der Waals surface area contributed by atoms with Crippen molar-refractivity contribution in [3.63, 3.8) is 0 Å². The van der Waals surface area contributed by atoms with E-state index in [9.17, 15) is 4.79 Å². The summed E-state index contributed by atoms with van der Waals surface area (Å²) in [5.74, 6) is 0.139. The van der Waals surface area contributed by atoms with E-state index in [0.29, 0.717) is 10.9 Å². The van der Waals surface area contributed by atoms with Crippen molar-refractivity contribution in [2.24, 2.45) is 0 Å². The summed E-state index contributed by atoms with van der Waals surface area (Å²) in [6.45, 7) is 4.29. The zero-order valence-corrected chi connectivity index (χ0v) is 12.2. The molecule has 0 saturated carbocycles. The van der Waals surface area contributed by atoms with E-state index in [1.807, 2.05) is 30.3 Å². The third-order valence-electron chi connectivity index (χ3n) is 3.77. The SMILES string of the molecule is CC(C)c1ccccc1C1C(=O)Nc2ccc(Cl)cc21. The van der Waals surface area contributed by atoms with E-state index < -0.39 is 0 Å². The number of halogens is 1. The molecule has 1 heterocycles. The van der Waals surface area contributed by atoms with Crippen LogP contribution in [0.15, 0.2) is 42.5 Å². The van der Waals surface area contributed by atoms with Crippen LogP contribution in [-0.2, 0) is 4.79 Å². The molecule has 2 aromatic rings. The molecule has 0 aromatic heterocycles. The summed E-state index contributed by atoms with van der Waals surface area (Å²) in [5.41, 5.74) is 4.11. The van der Waals surface area contributed by atoms with E-state index in [-0.39, 0.29) is 11.8 Å². The van der Waals surface area contributed by atoms with Gasteiger partial charge in [-0.05, 0) is 40.8 Å². The minimum Gasteiger partial charge on any atom is -0.325 e. The van der Waals surface area contributed by atoms with Crippen LogP contribution in [0.4, 0.5) is 5.69 Å². The summed E-state index contributed by atoms with van der Waals surface area (Å²) >= 11 is 6.09. The molecule has 0 spiro atoms. The van der Waals surface area contributed by atoms with E-state index in [1.54, 1.807) is 6.07 Å². The monoisotopic (exact) mass is 285 g/mol. The maximum Gasteiger partial charge on any atom is 0.236 e. The third-order valence-corrected chi connectivity index (χ3v) is 4.01. The third kappa shape index (κ3) is 2.10. The van der Waals surface area contributed by atoms with Gasteiger partial charge in [0.25, 0.3) is 0 Å². The molecule has 102 valence electrons. The molecule has 1 N–H and O–H groups in total. The molecule has 0 radical (unpaired) electrons. The van der Waals surface area contributed by atoms with Crippen molar-refractivity contribution in [3.05, 3.63) is 64.2 Å². The van der Waals surface area contributed by atoms with Gasteiger partial charge in [0, 0.05) is 10.7 Å². The van der Waals surface area contributed by atoms with Gasteiger partial charge in [0.05, 0.1) is 5.92 Å². The fourth-order valence-corrected chi connectivity index (χ4v) is 3.02. The molecule has 0 fully saturated rings. The van der Waals surface area contributed by atoms with Crippen LogP contribution in [0.5, 0.6) is 0 Å². The average Bonchev–Trinajstić information content (AvgIpc) is 2.74. The Morgan fingerprint density at radius 2 is 1.85 bits per heavy atom. The molecule has 1 atom stereocenters. The minimum atomic E-state index is -0.262. The Bertz CT molecular complexity index is 678. The Kier molecular flexibility index (Phi) is 3.27. The van der Waals surface area contributed by atoms with Gasteiger partial charge in [-0.1, -0.05) is 49.7 Å². The number of hydrogen-bond donors (Lipinski definition) is 1. The van der Waals surface area contributed by atoms with Crippen LogP contribution in [0, 0.1) is 0 Å². The summed E-state index contributed by atoms with van der Waals surface area (Å²) in [4.78, 5) is 12.4. The molecule has 0 saturated heterocycles. The Morgan fingerprint density at radius 1 is 1.10 bits per heavy atom. The maximum atomic E-state index is 12.4. The lowest BCUT2D eigenvalue weighted by Crippen LogP contribution is -2.15. The Morgan fingerprint density at radius 3 is 2.60 bits per heavy atom. The highest BCUT2D eigenvalue weighted by Crippen LogP contribution is 2.40. The summed E-state index contributed by atoms with van der Waals surface area (Å²) in [6.07, 6.45) is 0. The molecule has 2 nitrogen and oxygen atoms in total. The van der Waals surface area contributed by atoms with Crippen LogP contribution >= 0.6 is 11.6 Å². The molecule has 20 heavy (non-hydrogen) atoms. The second kappa shape index (κ2) is 4.95. The number of fused-ring (bicyclic) bond motifs is 1. The van der Waals surface area contributed by atoms with Gasteiger partial charge in [-0.25, -0.2) is 0 Å². The highest BCUT2D eigenvalue weighted by molar-refractivity contribution is 6.31. The quantitative estimate of drug-likeness (QED) is 0.862. The molecule has 1 unspecified atom stereocenters. The van der Waals surface area contributed by atoms with Crippen LogP contribution in [0.25, 0.3) is 0 Å². The first kappa shape index (κ1) is 13.2. The largest absolute Gasteiger partial charge is 0.325 e. The number of hydrogen-bond acceptors (Lipinski definition) is 1. The van der Waals surface area contributed by atoms with Crippen LogP contribution in [0.3, 0.4) is 0 Å². The number of rotatable bonds is 2. The summed E-state index contributed by atoms with van der Waals surface area (Å²) in [7, 11) is 0. The van der Waals surface area contributed by atoms with Gasteiger partial charge in [-0.15, -0.1) is 0 Å². The first-order chi connectivity index (χ1) is 9.58. The van der Waals surface area contributed by atoms with Crippen molar-refractivity contribution in [2.45, 2.75) is 25.7 Å². The van der Waals surface area contributed by atoms with Crippen molar-refractivity contribution in [2.75, 3.05) is 5.32 Å². The number of nitrogens with one attached hydrogen (secondary N) is 1. The van der Waals surface area contributed by atoms with Gasteiger partial charge in [-0.2, -0.15) is 0 Å². The van der Waals surface area contributed by atoms with E-state index >= 15 is 0 Å². The molecule has 3 heteroatoms. The molecule has 0 bridgehead atoms. The fraction of sp³-hybridized carbons (Fsp3) is 0.235. The van der Waals surface area contributed by atoms with E-state index in [1.165, 1.54) is 5.56 Å². The zero-order chi connectivity index (χ0) is 14.3. The van der Waals surface area contributed by atoms with E-state index in [2.05, 4.69) is 25.2 Å². The van der Waals surface area contributed by atoms with Crippen LogP contribution in [0.2, 0.25) is 5.02 Å². The normalized spacial score (nSPS) is 17.2. The predicted molar refractivity (Wildman–Crippen MR) is 82.5 cm³/mol. The van der Waals surface area contributed by atoms with Gasteiger partial charge < -0.3 is 5.32 Å². The summed E-state index contributed by atoms with van der Waals surface area (Å²) in [6, 6.07) is 13.7. The average molecular weight is 286 g/mol. The first-order valence-corrected chi connectivity index (χ1v) is 7.15. The number of amides is 1. The Balaban J connectivity index is 2.17. The smallest absolute Gasteiger partial charge is 0.236 e. The predicted octanol–water partition coefficient (Wildman–Crippen LogP) is 4.55. The Hall–Kier alpha value is -1.80. The van der Waals surface area contributed by atoms with Gasteiger partial charge in [0.15, 0.2) is 0 Å². The van der Waals surface area contributed by atoms with Crippen molar-refractivity contribution >= 4 is 23.2 Å². The maximum absolute atomic E-state index is 12.4. The van der Waals surface area contributed by atoms with Crippen LogP contribution in [0.1, 0.15) is 42.4 Å². The van der Waals surface area contributed by atoms with Crippen molar-refractivity contribution in [1.82, 2.24) is 0 Å². The lowest BCUT2D eigenvalue weighted by atomic mass is 9.85. The summed E-state index contributed by atoms with van der Waals surface area (Å²) in [5, 5.41) is 3.60. The second-order valence-electron chi connectivity index (χ2n) is 5.44. The van der Waals surface area contributed by atoms with Crippen LogP contribution in [-0.4, -0.2) is 5.91 Å². The van der Waals surface area contributed by atoms with Crippen molar-refractivity contribution < 1.29 is 4.79 Å². The molecular formula is C17H16ClNO. The molecule has 1 aliphatic heterocycles. The molecule has 3 rings (SSSR count). The lowest BCUT2D eigenvalue weighted by Gasteiger charge is -2.17. The fourth-order valence-electron chi connectivity index (χ4n) is 2.84. The molecular weight excluding hydrogens is 270 g/mol. The molecule has 0 aliphatic carbocycles. The second-order valence-corrected chi connectivity index (χ2v) is 5.87. The highest BCUT2D eigenvalue weighted by atomic mass is 35.5. The van der Waals surface area contributed by atoms with Crippen molar-refractivity contribution in [3.8, 4) is 0 Å². The highest BCUT2D eigenvalue weighted by Gasteiger charge is 2.33. The number of carbonyl (C=O) groups is 1. The number of benzene rings is 2. The first-order valence-electron chi connectivity index (χ1n) is 6.77. The number of carbonyl (C=O) groups excluding carboxylic acids is 1. The van der Waals surface area contributed by atoms with Gasteiger partial charge in [0.2, 0.25) is 5.91 Å². The lowest BCUT2D eigenvalue weighted by molar-refractivity contribution is -0.116. The van der Waals surface area contributed by atoms with E-state index in [0.717, 1.165) is 16.8 Å². The Labute approximate surface area is 123 Å². The number of anilines is 1. The summed E-state index contributed by atoms with van der Waals surface area (Å²) < 4.78 is 0. The molecule has 1 amide bonds. The van der Waals surface area contributed by atoms with Crippen LogP contribution < -0.4 is 5.32 Å². The molecule has 1 aliphatic rings. The van der Waals surface area contributed by atoms with Crippen molar-refractivity contribution in [1.29, 1.82) is 0 Å². The van der Waals surface area contributed by atoms with Gasteiger partial charge in [-0.3, -0.25) is 4.79 Å².